The van der Waals surface area contributed by atoms with Crippen molar-refractivity contribution in [2.24, 2.45) is 17.3 Å². The maximum atomic E-state index is 2.49. The minimum absolute atomic E-state index is 0.264. The lowest BCUT2D eigenvalue weighted by Crippen LogP contribution is -2.22. The fourth-order valence-electron chi connectivity index (χ4n) is 4.46. The van der Waals surface area contributed by atoms with Gasteiger partial charge in [0.25, 0.3) is 0 Å². The van der Waals surface area contributed by atoms with Gasteiger partial charge in [0, 0.05) is 0 Å². The van der Waals surface area contributed by atoms with E-state index in [0.29, 0.717) is 11.8 Å². The third kappa shape index (κ3) is 3.78. The van der Waals surface area contributed by atoms with Crippen LogP contribution in [0.3, 0.4) is 0 Å². The second kappa shape index (κ2) is 7.88. The normalized spacial score (nSPS) is 28.2. The summed E-state index contributed by atoms with van der Waals surface area (Å²) in [4.78, 5) is 0. The summed E-state index contributed by atoms with van der Waals surface area (Å²) in [5.74, 6) is 1.26. The first-order valence-electron chi connectivity index (χ1n) is 9.79. The lowest BCUT2D eigenvalue weighted by Gasteiger charge is -2.31. The lowest BCUT2D eigenvalue weighted by molar-refractivity contribution is 0.329. The molecule has 2 atom stereocenters. The average Bonchev–Trinajstić information content (AvgIpc) is 2.78. The predicted octanol–water partition coefficient (Wildman–Crippen LogP) is 8.02. The van der Waals surface area contributed by atoms with Crippen LogP contribution in [0.2, 0.25) is 0 Å². The molecule has 26 heavy (non-hydrogen) atoms. The van der Waals surface area contributed by atoms with Crippen LogP contribution in [-0.4, -0.2) is 0 Å². The quantitative estimate of drug-likeness (QED) is 0.374. The summed E-state index contributed by atoms with van der Waals surface area (Å²) < 4.78 is 1.48. The molecule has 1 heteroatoms. The number of hydrogen-bond donors (Lipinski definition) is 0. The molecule has 0 spiro atoms. The lowest BCUT2D eigenvalue weighted by atomic mass is 9.74. The van der Waals surface area contributed by atoms with Gasteiger partial charge in [-0.2, -0.15) is 0 Å². The molecule has 0 aromatic rings. The van der Waals surface area contributed by atoms with Gasteiger partial charge in [0.2, 0.25) is 0 Å². The first-order chi connectivity index (χ1) is 12.3. The van der Waals surface area contributed by atoms with Gasteiger partial charge < -0.3 is 0 Å². The zero-order valence-corrected chi connectivity index (χ0v) is 18.9. The summed E-state index contributed by atoms with van der Waals surface area (Å²) in [7, 11) is 0. The van der Waals surface area contributed by atoms with Crippen molar-refractivity contribution in [2.45, 2.75) is 53.9 Å². The molecule has 3 rings (SSSR count). The van der Waals surface area contributed by atoms with Crippen LogP contribution in [0.15, 0.2) is 80.1 Å². The largest absolute Gasteiger partial charge is 0.0874 e. The fourth-order valence-corrected chi connectivity index (χ4v) is 5.08. The highest BCUT2D eigenvalue weighted by molar-refractivity contribution is 14.1. The molecule has 0 saturated heterocycles. The van der Waals surface area contributed by atoms with Crippen molar-refractivity contribution < 1.29 is 0 Å². The van der Waals surface area contributed by atoms with Crippen LogP contribution in [0.4, 0.5) is 0 Å². The van der Waals surface area contributed by atoms with Gasteiger partial charge in [-0.15, -0.1) is 0 Å². The highest BCUT2D eigenvalue weighted by Gasteiger charge is 2.42. The first-order valence-corrected chi connectivity index (χ1v) is 10.9. The number of hydrogen-bond acceptors (Lipinski definition) is 0. The summed E-state index contributed by atoms with van der Waals surface area (Å²) >= 11 is 2.49. The Morgan fingerprint density at radius 2 is 1.92 bits per heavy atom. The highest BCUT2D eigenvalue weighted by atomic mass is 127. The van der Waals surface area contributed by atoms with Gasteiger partial charge >= 0.3 is 0 Å². The molecule has 138 valence electrons. The van der Waals surface area contributed by atoms with Crippen molar-refractivity contribution in [3.63, 3.8) is 0 Å². The SMILES string of the molecule is C/C=C\C1=C(C)C=CC(C/C=C\C2=C(C)C(C)(C)C3CC(I)=CC=C23)C1. The summed E-state index contributed by atoms with van der Waals surface area (Å²) in [5.41, 5.74) is 7.75. The minimum Gasteiger partial charge on any atom is -0.0874 e. The van der Waals surface area contributed by atoms with Gasteiger partial charge in [-0.05, 0) is 106 Å². The summed E-state index contributed by atoms with van der Waals surface area (Å²) in [6.07, 6.45) is 22.1. The number of rotatable bonds is 4. The Kier molecular flexibility index (Phi) is 5.96. The van der Waals surface area contributed by atoms with Crippen LogP contribution in [-0.2, 0) is 0 Å². The molecule has 2 unspecified atom stereocenters. The van der Waals surface area contributed by atoms with Crippen LogP contribution in [0.25, 0.3) is 0 Å². The average molecular weight is 458 g/mol. The standard InChI is InChI=1S/C25H31I/c1-6-8-20-15-19(12-11-17(20)2)9-7-10-22-18(3)25(4,5)24-16-21(26)13-14-23(22)24/h6-8,10-14,19,24H,9,15-16H2,1-5H3/b8-6-,10-7-. The molecule has 0 bridgehead atoms. The van der Waals surface area contributed by atoms with Crippen molar-refractivity contribution >= 4 is 22.6 Å². The van der Waals surface area contributed by atoms with E-state index in [1.165, 1.54) is 26.7 Å². The molecule has 0 fully saturated rings. The molecule has 0 radical (unpaired) electrons. The zero-order chi connectivity index (χ0) is 18.9. The van der Waals surface area contributed by atoms with E-state index < -0.39 is 0 Å². The Balaban J connectivity index is 1.75. The van der Waals surface area contributed by atoms with Crippen LogP contribution in [0, 0.1) is 17.3 Å². The summed E-state index contributed by atoms with van der Waals surface area (Å²) in [6.45, 7) is 11.5. The number of fused-ring (bicyclic) bond motifs is 1. The molecule has 0 aromatic carbocycles. The van der Waals surface area contributed by atoms with Gasteiger partial charge in [-0.1, -0.05) is 68.0 Å². The van der Waals surface area contributed by atoms with E-state index in [4.69, 9.17) is 0 Å². The van der Waals surface area contributed by atoms with E-state index in [1.807, 2.05) is 0 Å². The summed E-state index contributed by atoms with van der Waals surface area (Å²) in [6, 6.07) is 0. The Bertz CT molecular complexity index is 790. The molecular weight excluding hydrogens is 427 g/mol. The van der Waals surface area contributed by atoms with Crippen molar-refractivity contribution in [3.05, 3.63) is 80.1 Å². The third-order valence-electron chi connectivity index (χ3n) is 6.47. The molecular formula is C25H31I. The van der Waals surface area contributed by atoms with Crippen molar-refractivity contribution in [2.75, 3.05) is 0 Å². The van der Waals surface area contributed by atoms with E-state index in [9.17, 15) is 0 Å². The van der Waals surface area contributed by atoms with Crippen molar-refractivity contribution in [3.8, 4) is 0 Å². The van der Waals surface area contributed by atoms with Crippen molar-refractivity contribution in [1.82, 2.24) is 0 Å². The smallest absolute Gasteiger partial charge is 0.00223 e. The predicted molar refractivity (Wildman–Crippen MR) is 123 cm³/mol. The molecule has 0 amide bonds. The van der Waals surface area contributed by atoms with Crippen molar-refractivity contribution in [1.29, 1.82) is 0 Å². The Morgan fingerprint density at radius 3 is 2.65 bits per heavy atom. The van der Waals surface area contributed by atoms with Crippen LogP contribution in [0.1, 0.15) is 53.9 Å². The van der Waals surface area contributed by atoms with Gasteiger partial charge in [0.1, 0.15) is 0 Å². The van der Waals surface area contributed by atoms with Gasteiger partial charge in [0.05, 0.1) is 0 Å². The van der Waals surface area contributed by atoms with E-state index in [2.05, 4.69) is 106 Å². The number of allylic oxidation sites excluding steroid dienone is 14. The molecule has 3 aliphatic carbocycles. The molecule has 0 N–H and O–H groups in total. The van der Waals surface area contributed by atoms with Gasteiger partial charge in [-0.25, -0.2) is 0 Å². The molecule has 0 aliphatic heterocycles. The second-order valence-corrected chi connectivity index (χ2v) is 9.81. The van der Waals surface area contributed by atoms with Crippen LogP contribution in [0.5, 0.6) is 0 Å². The Labute approximate surface area is 173 Å². The molecule has 0 saturated carbocycles. The first kappa shape index (κ1) is 19.7. The van der Waals surface area contributed by atoms with E-state index in [0.717, 1.165) is 12.8 Å². The number of halogens is 1. The topological polar surface area (TPSA) is 0 Å². The van der Waals surface area contributed by atoms with E-state index in [-0.39, 0.29) is 5.41 Å². The maximum Gasteiger partial charge on any atom is -0.00223 e. The zero-order valence-electron chi connectivity index (χ0n) is 16.8. The highest BCUT2D eigenvalue weighted by Crippen LogP contribution is 2.54. The Hall–Kier alpha value is -1.09. The van der Waals surface area contributed by atoms with E-state index >= 15 is 0 Å². The molecule has 0 nitrogen and oxygen atoms in total. The molecule has 0 heterocycles. The molecule has 0 aromatic heterocycles. The van der Waals surface area contributed by atoms with E-state index in [1.54, 1.807) is 11.1 Å². The third-order valence-corrected chi connectivity index (χ3v) is 7.27. The Morgan fingerprint density at radius 1 is 1.15 bits per heavy atom. The monoisotopic (exact) mass is 458 g/mol. The van der Waals surface area contributed by atoms with Crippen LogP contribution < -0.4 is 0 Å². The van der Waals surface area contributed by atoms with Gasteiger partial charge in [0.15, 0.2) is 0 Å². The minimum atomic E-state index is 0.264. The molecule has 3 aliphatic rings. The van der Waals surface area contributed by atoms with Crippen LogP contribution >= 0.6 is 22.6 Å². The summed E-state index contributed by atoms with van der Waals surface area (Å²) in [5, 5.41) is 0. The van der Waals surface area contributed by atoms with Gasteiger partial charge in [-0.3, -0.25) is 0 Å². The maximum absolute atomic E-state index is 2.49. The second-order valence-electron chi connectivity index (χ2n) is 8.42. The fraction of sp³-hybridized carbons (Fsp3) is 0.440.